The van der Waals surface area contributed by atoms with Gasteiger partial charge >= 0.3 is 0 Å². The Balaban J connectivity index is 1.22. The molecule has 0 fully saturated rings. The van der Waals surface area contributed by atoms with Gasteiger partial charge in [-0.15, -0.1) is 0 Å². The third kappa shape index (κ3) is 7.89. The molecule has 10 rings (SSSR count). The van der Waals surface area contributed by atoms with E-state index in [1.807, 2.05) is 6.07 Å². The van der Waals surface area contributed by atoms with Crippen molar-refractivity contribution in [2.75, 3.05) is 4.90 Å². The smallest absolute Gasteiger partial charge is 0.0578 e. The molecule has 0 bridgehead atoms. The second kappa shape index (κ2) is 17.3. The third-order valence-electron chi connectivity index (χ3n) is 11.7. The number of nitrogens with two attached hydrogens (primary N) is 1. The summed E-state index contributed by atoms with van der Waals surface area (Å²) in [4.78, 5) is 2.39. The zero-order chi connectivity index (χ0) is 41.7. The minimum absolute atomic E-state index is 0.412. The molecular weight excluding hydrogens is 751 g/mol. The van der Waals surface area contributed by atoms with Crippen molar-refractivity contribution in [2.24, 2.45) is 5.73 Å². The minimum Gasteiger partial charge on any atom is -0.354 e. The number of anilines is 3. The van der Waals surface area contributed by atoms with Gasteiger partial charge in [-0.3, -0.25) is 0 Å². The average molecular weight is 796 g/mol. The van der Waals surface area contributed by atoms with Crippen LogP contribution in [0.15, 0.2) is 243 Å². The molecule has 3 heteroatoms. The molecule has 9 aromatic rings. The van der Waals surface area contributed by atoms with E-state index >= 15 is 0 Å². The monoisotopic (exact) mass is 795 g/mol. The van der Waals surface area contributed by atoms with E-state index in [1.54, 1.807) is 0 Å². The van der Waals surface area contributed by atoms with Crippen LogP contribution in [0, 0.1) is 0 Å². The van der Waals surface area contributed by atoms with Crippen molar-refractivity contribution in [3.05, 3.63) is 270 Å². The van der Waals surface area contributed by atoms with Gasteiger partial charge in [0.05, 0.1) is 11.7 Å². The summed E-state index contributed by atoms with van der Waals surface area (Å²) in [6, 6.07) is 85.7. The van der Waals surface area contributed by atoms with E-state index in [4.69, 9.17) is 5.73 Å². The van der Waals surface area contributed by atoms with Crippen LogP contribution < -0.4 is 16.0 Å². The van der Waals surface area contributed by atoms with Crippen LogP contribution in [0.3, 0.4) is 0 Å². The Bertz CT molecular complexity index is 2940. The molecule has 1 atom stereocenters. The van der Waals surface area contributed by atoms with Crippen molar-refractivity contribution in [3.63, 3.8) is 0 Å². The number of fused-ring (bicyclic) bond motifs is 1. The number of rotatable bonds is 10. The normalized spacial score (nSPS) is 13.3. The van der Waals surface area contributed by atoms with Gasteiger partial charge in [-0.1, -0.05) is 200 Å². The van der Waals surface area contributed by atoms with E-state index in [0.717, 1.165) is 89.7 Å². The Morgan fingerprint density at radius 1 is 0.387 bits per heavy atom. The fourth-order valence-electron chi connectivity index (χ4n) is 8.54. The fourth-order valence-corrected chi connectivity index (χ4v) is 8.54. The van der Waals surface area contributed by atoms with Gasteiger partial charge in [0.2, 0.25) is 0 Å². The van der Waals surface area contributed by atoms with Gasteiger partial charge in [0.15, 0.2) is 0 Å². The highest BCUT2D eigenvalue weighted by molar-refractivity contribution is 6.04. The lowest BCUT2D eigenvalue weighted by molar-refractivity contribution is 0.928. The van der Waals surface area contributed by atoms with Crippen molar-refractivity contribution in [2.45, 2.75) is 6.04 Å². The van der Waals surface area contributed by atoms with Crippen LogP contribution in [0.4, 0.5) is 17.1 Å². The van der Waals surface area contributed by atoms with Crippen LogP contribution >= 0.6 is 0 Å². The topological polar surface area (TPSA) is 41.3 Å². The lowest BCUT2D eigenvalue weighted by atomic mass is 9.86. The molecule has 0 aliphatic carbocycles. The number of nitrogens with zero attached hydrogens (tertiary/aromatic N) is 1. The lowest BCUT2D eigenvalue weighted by Gasteiger charge is -2.31. The van der Waals surface area contributed by atoms with E-state index in [-0.39, 0.29) is 0 Å². The van der Waals surface area contributed by atoms with Gasteiger partial charge in [-0.25, -0.2) is 0 Å². The third-order valence-corrected chi connectivity index (χ3v) is 11.7. The summed E-state index contributed by atoms with van der Waals surface area (Å²) < 4.78 is 0. The predicted molar refractivity (Wildman–Crippen MR) is 262 cm³/mol. The first kappa shape index (κ1) is 38.2. The van der Waals surface area contributed by atoms with Crippen molar-refractivity contribution in [3.8, 4) is 33.4 Å². The zero-order valence-corrected chi connectivity index (χ0v) is 34.3. The first-order valence-electron chi connectivity index (χ1n) is 21.2. The first-order valence-corrected chi connectivity index (χ1v) is 21.2. The maximum atomic E-state index is 7.40. The molecule has 1 heterocycles. The molecule has 1 aliphatic rings. The summed E-state index contributed by atoms with van der Waals surface area (Å²) in [6.45, 7) is 0. The van der Waals surface area contributed by atoms with Crippen molar-refractivity contribution < 1.29 is 0 Å². The van der Waals surface area contributed by atoms with Crippen LogP contribution in [0.25, 0.3) is 56.4 Å². The van der Waals surface area contributed by atoms with Gasteiger partial charge in [0.1, 0.15) is 0 Å². The second-order valence-corrected chi connectivity index (χ2v) is 15.6. The van der Waals surface area contributed by atoms with E-state index in [0.29, 0.717) is 0 Å². The number of hydrogen-bond acceptors (Lipinski definition) is 3. The summed E-state index contributed by atoms with van der Waals surface area (Å²) in [5.41, 5.74) is 25.9. The fraction of sp³-hybridized carbons (Fsp3) is 0.0169. The number of nitrogens with one attached hydrogen (secondary N) is 1. The van der Waals surface area contributed by atoms with Crippen molar-refractivity contribution >= 4 is 40.1 Å². The van der Waals surface area contributed by atoms with Crippen molar-refractivity contribution in [1.29, 1.82) is 0 Å². The Labute approximate surface area is 364 Å². The Kier molecular flexibility index (Phi) is 10.7. The highest BCUT2D eigenvalue weighted by atomic mass is 15.1. The van der Waals surface area contributed by atoms with E-state index in [9.17, 15) is 0 Å². The highest BCUT2D eigenvalue weighted by Gasteiger charge is 2.27. The molecule has 0 saturated heterocycles. The first-order chi connectivity index (χ1) is 30.7. The SMILES string of the molecule is NC(/C(=C1\NC(c2ccccc2)=Cc2ccc(N(c3ccc(-c4ccccc4)cc3)c3cc(-c4ccccc4)cc(-c4ccccc4)c3)cc21)c1ccccc1)c1ccccc1. The summed E-state index contributed by atoms with van der Waals surface area (Å²) in [6.07, 6.45) is 2.26. The average Bonchev–Trinajstić information content (AvgIpc) is 3.36. The molecule has 0 amide bonds. The molecule has 1 aliphatic heterocycles. The molecule has 0 radical (unpaired) electrons. The van der Waals surface area contributed by atoms with Crippen LogP contribution in [0.1, 0.15) is 33.9 Å². The summed E-state index contributed by atoms with van der Waals surface area (Å²) >= 11 is 0. The van der Waals surface area contributed by atoms with Crippen molar-refractivity contribution in [1.82, 2.24) is 5.32 Å². The summed E-state index contributed by atoms with van der Waals surface area (Å²) in [5, 5.41) is 3.95. The van der Waals surface area contributed by atoms with Crippen LogP contribution in [-0.4, -0.2) is 0 Å². The number of benzene rings is 9. The van der Waals surface area contributed by atoms with Gasteiger partial charge in [-0.05, 0) is 104 Å². The standard InChI is InChI=1S/C59H45N3/c60-58(48-29-17-6-18-30-48)57(47-27-15-5-16-28-47)59-55-41-53(36-33-49(55)40-56(61-59)46-25-13-4-14-26-46)62(52-34-31-45(32-35-52)42-19-7-1-8-20-42)54-38-50(43-21-9-2-10-22-43)37-51(39-54)44-23-11-3-12-24-44/h1-41,58,61H,60H2/b59-57-. The maximum Gasteiger partial charge on any atom is 0.0578 e. The molecule has 0 spiro atoms. The molecular formula is C59H45N3. The van der Waals surface area contributed by atoms with E-state index in [1.165, 1.54) is 5.56 Å². The molecule has 0 saturated carbocycles. The van der Waals surface area contributed by atoms with Gasteiger partial charge < -0.3 is 16.0 Å². The molecule has 1 unspecified atom stereocenters. The van der Waals surface area contributed by atoms with E-state index in [2.05, 4.69) is 253 Å². The Morgan fingerprint density at radius 3 is 1.39 bits per heavy atom. The van der Waals surface area contributed by atoms with Crippen LogP contribution in [0.2, 0.25) is 0 Å². The van der Waals surface area contributed by atoms with Crippen LogP contribution in [-0.2, 0) is 0 Å². The molecule has 0 aromatic heterocycles. The summed E-state index contributed by atoms with van der Waals surface area (Å²) in [5.74, 6) is 0. The molecule has 296 valence electrons. The molecule has 3 N–H and O–H groups in total. The van der Waals surface area contributed by atoms with Gasteiger partial charge in [0, 0.05) is 33.9 Å². The Hall–Kier alpha value is -7.98. The molecule has 9 aromatic carbocycles. The summed E-state index contributed by atoms with van der Waals surface area (Å²) in [7, 11) is 0. The zero-order valence-electron chi connectivity index (χ0n) is 34.3. The van der Waals surface area contributed by atoms with Gasteiger partial charge in [0.25, 0.3) is 0 Å². The highest BCUT2D eigenvalue weighted by Crippen LogP contribution is 2.45. The van der Waals surface area contributed by atoms with Crippen LogP contribution in [0.5, 0.6) is 0 Å². The largest absolute Gasteiger partial charge is 0.354 e. The predicted octanol–water partition coefficient (Wildman–Crippen LogP) is 14.8. The number of hydrogen-bond donors (Lipinski definition) is 2. The van der Waals surface area contributed by atoms with E-state index < -0.39 is 6.04 Å². The molecule has 62 heavy (non-hydrogen) atoms. The Morgan fingerprint density at radius 2 is 0.839 bits per heavy atom. The van der Waals surface area contributed by atoms with Gasteiger partial charge in [-0.2, -0.15) is 0 Å². The minimum atomic E-state index is -0.412. The maximum absolute atomic E-state index is 7.40. The molecule has 3 nitrogen and oxygen atoms in total. The quantitative estimate of drug-likeness (QED) is 0.145. The second-order valence-electron chi connectivity index (χ2n) is 15.6. The lowest BCUT2D eigenvalue weighted by Crippen LogP contribution is -2.23.